The Morgan fingerprint density at radius 3 is 2.88 bits per heavy atom. The summed E-state index contributed by atoms with van der Waals surface area (Å²) in [5.41, 5.74) is 0. The average Bonchev–Trinajstić information content (AvgIpc) is 2.70. The van der Waals surface area contributed by atoms with E-state index in [0.29, 0.717) is 12.6 Å². The maximum atomic E-state index is 11.1. The Morgan fingerprint density at radius 1 is 1.56 bits per heavy atom. The first kappa shape index (κ1) is 13.5. The lowest BCUT2D eigenvalue weighted by atomic mass is 10.1. The van der Waals surface area contributed by atoms with Crippen molar-refractivity contribution < 1.29 is 9.90 Å². The van der Waals surface area contributed by atoms with Crippen LogP contribution in [0.25, 0.3) is 0 Å². The Hall–Kier alpha value is -0.610. The third-order valence-electron chi connectivity index (χ3n) is 3.33. The number of nitrogens with zero attached hydrogens (tertiary/aromatic N) is 1. The standard InChI is InChI=1S/C12H24N2O2/c1-3-7-13-11(12(15)16)9-14-8-5-6-10(14)4-2/h10-11,13H,3-9H2,1-2H3,(H,15,16). The van der Waals surface area contributed by atoms with Crippen LogP contribution >= 0.6 is 0 Å². The van der Waals surface area contributed by atoms with Crippen molar-refractivity contribution >= 4 is 5.97 Å². The maximum Gasteiger partial charge on any atom is 0.322 e. The van der Waals surface area contributed by atoms with Crippen molar-refractivity contribution in [2.75, 3.05) is 19.6 Å². The summed E-state index contributed by atoms with van der Waals surface area (Å²) in [5.74, 6) is -0.727. The molecule has 1 rings (SSSR count). The lowest BCUT2D eigenvalue weighted by Crippen LogP contribution is -2.47. The fourth-order valence-corrected chi connectivity index (χ4v) is 2.38. The highest BCUT2D eigenvalue weighted by Crippen LogP contribution is 2.19. The summed E-state index contributed by atoms with van der Waals surface area (Å²) in [7, 11) is 0. The normalized spacial score (nSPS) is 23.5. The third kappa shape index (κ3) is 3.76. The van der Waals surface area contributed by atoms with Gasteiger partial charge >= 0.3 is 5.97 Å². The Balaban J connectivity index is 2.43. The van der Waals surface area contributed by atoms with Gasteiger partial charge < -0.3 is 10.4 Å². The summed E-state index contributed by atoms with van der Waals surface area (Å²) < 4.78 is 0. The summed E-state index contributed by atoms with van der Waals surface area (Å²) in [5, 5.41) is 12.2. The summed E-state index contributed by atoms with van der Waals surface area (Å²) in [6.07, 6.45) is 4.52. The van der Waals surface area contributed by atoms with Crippen molar-refractivity contribution in [1.29, 1.82) is 0 Å². The zero-order chi connectivity index (χ0) is 12.0. The fourth-order valence-electron chi connectivity index (χ4n) is 2.38. The van der Waals surface area contributed by atoms with Crippen LogP contribution < -0.4 is 5.32 Å². The van der Waals surface area contributed by atoms with E-state index in [1.165, 1.54) is 12.8 Å². The molecule has 1 fully saturated rings. The van der Waals surface area contributed by atoms with Gasteiger partial charge in [0.15, 0.2) is 0 Å². The highest BCUT2D eigenvalue weighted by molar-refractivity contribution is 5.73. The molecule has 0 bridgehead atoms. The largest absolute Gasteiger partial charge is 0.480 e. The number of carbonyl (C=O) groups is 1. The number of hydrogen-bond donors (Lipinski definition) is 2. The molecule has 0 amide bonds. The van der Waals surface area contributed by atoms with Gasteiger partial charge in [0.25, 0.3) is 0 Å². The van der Waals surface area contributed by atoms with Crippen LogP contribution in [0.3, 0.4) is 0 Å². The van der Waals surface area contributed by atoms with E-state index < -0.39 is 12.0 Å². The van der Waals surface area contributed by atoms with Crippen molar-refractivity contribution in [3.63, 3.8) is 0 Å². The molecule has 0 aliphatic carbocycles. The average molecular weight is 228 g/mol. The predicted molar refractivity (Wildman–Crippen MR) is 64.6 cm³/mol. The Morgan fingerprint density at radius 2 is 2.31 bits per heavy atom. The van der Waals surface area contributed by atoms with Crippen molar-refractivity contribution in [1.82, 2.24) is 10.2 Å². The SMILES string of the molecule is CCCNC(CN1CCCC1CC)C(=O)O. The van der Waals surface area contributed by atoms with Crippen LogP contribution in [0.2, 0.25) is 0 Å². The van der Waals surface area contributed by atoms with Gasteiger partial charge in [-0.05, 0) is 38.8 Å². The van der Waals surface area contributed by atoms with Crippen molar-refractivity contribution in [3.05, 3.63) is 0 Å². The topological polar surface area (TPSA) is 52.6 Å². The molecule has 4 heteroatoms. The van der Waals surface area contributed by atoms with E-state index in [1.807, 2.05) is 0 Å². The molecule has 16 heavy (non-hydrogen) atoms. The molecule has 0 saturated carbocycles. The van der Waals surface area contributed by atoms with Gasteiger partial charge in [0.05, 0.1) is 0 Å². The van der Waals surface area contributed by atoms with Crippen molar-refractivity contribution in [2.45, 2.75) is 51.6 Å². The predicted octanol–water partition coefficient (Wildman–Crippen LogP) is 1.31. The summed E-state index contributed by atoms with van der Waals surface area (Å²) >= 11 is 0. The van der Waals surface area contributed by atoms with E-state index in [0.717, 1.165) is 25.9 Å². The molecule has 1 aliphatic rings. The second kappa shape index (κ2) is 6.86. The Labute approximate surface area is 98.0 Å². The maximum absolute atomic E-state index is 11.1. The molecule has 2 unspecified atom stereocenters. The molecule has 1 heterocycles. The van der Waals surface area contributed by atoms with Gasteiger partial charge in [0, 0.05) is 12.6 Å². The molecule has 1 aliphatic heterocycles. The van der Waals surface area contributed by atoms with Gasteiger partial charge in [0.1, 0.15) is 6.04 Å². The summed E-state index contributed by atoms with van der Waals surface area (Å²) in [6, 6.07) is 0.178. The van der Waals surface area contributed by atoms with Crippen LogP contribution in [0.5, 0.6) is 0 Å². The first-order valence-electron chi connectivity index (χ1n) is 6.39. The van der Waals surface area contributed by atoms with E-state index in [4.69, 9.17) is 5.11 Å². The van der Waals surface area contributed by atoms with Crippen LogP contribution in [0.1, 0.15) is 39.5 Å². The smallest absolute Gasteiger partial charge is 0.322 e. The molecule has 0 aromatic heterocycles. The van der Waals surface area contributed by atoms with Crippen LogP contribution in [-0.2, 0) is 4.79 Å². The zero-order valence-electron chi connectivity index (χ0n) is 10.4. The van der Waals surface area contributed by atoms with Gasteiger partial charge in [-0.25, -0.2) is 0 Å². The third-order valence-corrected chi connectivity index (χ3v) is 3.33. The number of carboxylic acid groups (broad SMARTS) is 1. The second-order valence-corrected chi connectivity index (χ2v) is 4.54. The van der Waals surface area contributed by atoms with E-state index in [-0.39, 0.29) is 0 Å². The van der Waals surface area contributed by atoms with Crippen molar-refractivity contribution in [3.8, 4) is 0 Å². The summed E-state index contributed by atoms with van der Waals surface area (Å²) in [4.78, 5) is 13.4. The molecule has 0 aromatic carbocycles. The monoisotopic (exact) mass is 228 g/mol. The first-order chi connectivity index (χ1) is 7.69. The lowest BCUT2D eigenvalue weighted by molar-refractivity contribution is -0.140. The number of nitrogens with one attached hydrogen (secondary N) is 1. The molecule has 0 aromatic rings. The first-order valence-corrected chi connectivity index (χ1v) is 6.39. The lowest BCUT2D eigenvalue weighted by Gasteiger charge is -2.26. The molecule has 2 N–H and O–H groups in total. The quantitative estimate of drug-likeness (QED) is 0.690. The van der Waals surface area contributed by atoms with E-state index in [2.05, 4.69) is 24.1 Å². The Kier molecular flexibility index (Phi) is 5.77. The number of hydrogen-bond acceptors (Lipinski definition) is 3. The van der Waals surface area contributed by atoms with Crippen LogP contribution in [-0.4, -0.2) is 47.7 Å². The van der Waals surface area contributed by atoms with E-state index >= 15 is 0 Å². The summed E-state index contributed by atoms with van der Waals surface area (Å²) in [6.45, 7) is 6.71. The van der Waals surface area contributed by atoms with E-state index in [1.54, 1.807) is 0 Å². The number of aliphatic carboxylic acids is 1. The molecule has 94 valence electrons. The molecule has 1 saturated heterocycles. The minimum atomic E-state index is -0.727. The van der Waals surface area contributed by atoms with Gasteiger partial charge in [-0.3, -0.25) is 9.69 Å². The minimum absolute atomic E-state index is 0.410. The fraction of sp³-hybridized carbons (Fsp3) is 0.917. The molecule has 2 atom stereocenters. The number of rotatable bonds is 7. The molecule has 0 radical (unpaired) electrons. The highest BCUT2D eigenvalue weighted by Gasteiger charge is 2.27. The van der Waals surface area contributed by atoms with Gasteiger partial charge in [0.2, 0.25) is 0 Å². The second-order valence-electron chi connectivity index (χ2n) is 4.54. The van der Waals surface area contributed by atoms with Gasteiger partial charge in [-0.15, -0.1) is 0 Å². The minimum Gasteiger partial charge on any atom is -0.480 e. The van der Waals surface area contributed by atoms with Gasteiger partial charge in [-0.2, -0.15) is 0 Å². The van der Waals surface area contributed by atoms with E-state index in [9.17, 15) is 4.79 Å². The van der Waals surface area contributed by atoms with Gasteiger partial charge in [-0.1, -0.05) is 13.8 Å². The molecular formula is C12H24N2O2. The Bertz CT molecular complexity index is 221. The highest BCUT2D eigenvalue weighted by atomic mass is 16.4. The van der Waals surface area contributed by atoms with Crippen LogP contribution in [0.4, 0.5) is 0 Å². The molecule has 0 spiro atoms. The zero-order valence-corrected chi connectivity index (χ0v) is 10.4. The molecule has 4 nitrogen and oxygen atoms in total. The van der Waals surface area contributed by atoms with Crippen LogP contribution in [0.15, 0.2) is 0 Å². The number of likely N-dealkylation sites (tertiary alicyclic amines) is 1. The number of carboxylic acids is 1. The molecular weight excluding hydrogens is 204 g/mol. The van der Waals surface area contributed by atoms with Crippen LogP contribution in [0, 0.1) is 0 Å². The van der Waals surface area contributed by atoms with Crippen molar-refractivity contribution in [2.24, 2.45) is 0 Å².